The first kappa shape index (κ1) is 27.4. The molecule has 0 saturated carbocycles. The van der Waals surface area contributed by atoms with Crippen LogP contribution in [0.5, 0.6) is 0 Å². The molecule has 206 valence electrons. The fourth-order valence-electron chi connectivity index (χ4n) is 6.53. The van der Waals surface area contributed by atoms with Gasteiger partial charge in [-0.2, -0.15) is 0 Å². The van der Waals surface area contributed by atoms with Gasteiger partial charge in [0.25, 0.3) is 0 Å². The number of thioether (sulfide) groups is 1. The molecular weight excluding hydrogens is 572 g/mol. The highest BCUT2D eigenvalue weighted by Gasteiger charge is 2.76. The number of alkyl halides is 1. The molecular formula is C26H35BrN6O4S. The van der Waals surface area contributed by atoms with E-state index in [1.54, 1.807) is 21.3 Å². The van der Waals surface area contributed by atoms with Crippen LogP contribution in [0.25, 0.3) is 11.0 Å². The molecule has 1 spiro atoms. The molecule has 3 unspecified atom stereocenters. The van der Waals surface area contributed by atoms with Crippen LogP contribution in [0.1, 0.15) is 40.0 Å². The van der Waals surface area contributed by atoms with Gasteiger partial charge in [-0.15, -0.1) is 16.9 Å². The summed E-state index contributed by atoms with van der Waals surface area (Å²) in [6.07, 6.45) is 1.95. The molecule has 3 amide bonds. The molecule has 1 aromatic heterocycles. The molecule has 7 atom stereocenters. The Morgan fingerprint density at radius 2 is 2.03 bits per heavy atom. The van der Waals surface area contributed by atoms with Gasteiger partial charge in [-0.3, -0.25) is 14.4 Å². The van der Waals surface area contributed by atoms with Gasteiger partial charge < -0.3 is 20.6 Å². The van der Waals surface area contributed by atoms with Crippen LogP contribution in [-0.4, -0.2) is 82.8 Å². The number of aromatic nitrogens is 3. The molecule has 3 aliphatic rings. The van der Waals surface area contributed by atoms with Crippen LogP contribution in [0.2, 0.25) is 0 Å². The Bertz CT molecular complexity index is 1230. The third-order valence-corrected chi connectivity index (χ3v) is 11.2. The fraction of sp³-hybridized carbons (Fsp3) is 0.654. The van der Waals surface area contributed by atoms with Gasteiger partial charge in [0, 0.05) is 16.6 Å². The minimum atomic E-state index is -0.815. The molecule has 4 heterocycles. The molecule has 3 N–H and O–H groups in total. The summed E-state index contributed by atoms with van der Waals surface area (Å²) in [4.78, 5) is 43.2. The SMILES string of the molecule is CCCNC(=O)[C@H]1[C@@H]2SC3(CC2Br)C(C(=O)NCn2nnc4ccccc42)N([C@@H](CO)CC(C)C)C(=O)[C@H]13. The number of nitrogens with one attached hydrogen (secondary N) is 2. The number of para-hydroxylation sites is 1. The van der Waals surface area contributed by atoms with Gasteiger partial charge in [-0.05, 0) is 37.3 Å². The van der Waals surface area contributed by atoms with Crippen LogP contribution < -0.4 is 10.6 Å². The van der Waals surface area contributed by atoms with Gasteiger partial charge in [-0.1, -0.05) is 54.0 Å². The van der Waals surface area contributed by atoms with Gasteiger partial charge in [0.1, 0.15) is 18.2 Å². The summed E-state index contributed by atoms with van der Waals surface area (Å²) >= 11 is 5.37. The Morgan fingerprint density at radius 3 is 2.74 bits per heavy atom. The number of amides is 3. The lowest BCUT2D eigenvalue weighted by Gasteiger charge is -2.37. The summed E-state index contributed by atoms with van der Waals surface area (Å²) < 4.78 is 0.859. The molecule has 1 aromatic carbocycles. The first-order chi connectivity index (χ1) is 18.2. The molecule has 3 fully saturated rings. The summed E-state index contributed by atoms with van der Waals surface area (Å²) in [6, 6.07) is 6.17. The van der Waals surface area contributed by atoms with Crippen LogP contribution in [-0.2, 0) is 21.1 Å². The van der Waals surface area contributed by atoms with E-state index in [4.69, 9.17) is 0 Å². The van der Waals surface area contributed by atoms with Crippen molar-refractivity contribution in [3.63, 3.8) is 0 Å². The number of nitrogens with zero attached hydrogens (tertiary/aromatic N) is 4. The number of carbonyl (C=O) groups excluding carboxylic acids is 3. The van der Waals surface area contributed by atoms with E-state index in [0.29, 0.717) is 19.4 Å². The third kappa shape index (κ3) is 4.42. The lowest BCUT2D eigenvalue weighted by Crippen LogP contribution is -2.57. The molecule has 0 aliphatic carbocycles. The van der Waals surface area contributed by atoms with E-state index in [0.717, 1.165) is 17.5 Å². The van der Waals surface area contributed by atoms with Crippen LogP contribution in [0.3, 0.4) is 0 Å². The smallest absolute Gasteiger partial charge is 0.245 e. The van der Waals surface area contributed by atoms with Crippen molar-refractivity contribution in [2.24, 2.45) is 17.8 Å². The molecule has 38 heavy (non-hydrogen) atoms. The second-order valence-corrected chi connectivity index (χ2v) is 13.7. The Kier molecular flexibility index (Phi) is 7.76. The number of hydrogen-bond donors (Lipinski definition) is 3. The first-order valence-electron chi connectivity index (χ1n) is 13.3. The van der Waals surface area contributed by atoms with Crippen molar-refractivity contribution in [1.82, 2.24) is 30.5 Å². The zero-order chi connectivity index (χ0) is 27.2. The molecule has 3 saturated heterocycles. The van der Waals surface area contributed by atoms with E-state index in [9.17, 15) is 19.5 Å². The summed E-state index contributed by atoms with van der Waals surface area (Å²) in [6.45, 7) is 6.44. The highest BCUT2D eigenvalue weighted by atomic mass is 79.9. The maximum Gasteiger partial charge on any atom is 0.245 e. The Morgan fingerprint density at radius 1 is 1.26 bits per heavy atom. The zero-order valence-corrected chi connectivity index (χ0v) is 24.2. The van der Waals surface area contributed by atoms with Crippen molar-refractivity contribution in [2.45, 2.75) is 73.6 Å². The van der Waals surface area contributed by atoms with E-state index in [1.807, 2.05) is 45.0 Å². The van der Waals surface area contributed by atoms with Crippen LogP contribution >= 0.6 is 27.7 Å². The average Bonchev–Trinajstić information content (AvgIpc) is 3.61. The summed E-state index contributed by atoms with van der Waals surface area (Å²) in [5.74, 6) is -1.58. The number of fused-ring (bicyclic) bond motifs is 2. The third-order valence-electron chi connectivity index (χ3n) is 8.00. The van der Waals surface area contributed by atoms with Crippen LogP contribution in [0.15, 0.2) is 24.3 Å². The Hall–Kier alpha value is -2.18. The second kappa shape index (κ2) is 10.8. The predicted molar refractivity (Wildman–Crippen MR) is 148 cm³/mol. The lowest BCUT2D eigenvalue weighted by atomic mass is 9.70. The largest absolute Gasteiger partial charge is 0.394 e. The molecule has 10 nitrogen and oxygen atoms in total. The highest BCUT2D eigenvalue weighted by molar-refractivity contribution is 9.09. The van der Waals surface area contributed by atoms with Gasteiger partial charge in [-0.25, -0.2) is 4.68 Å². The fourth-order valence-corrected chi connectivity index (χ4v) is 10.1. The van der Waals surface area contributed by atoms with Gasteiger partial charge in [0.05, 0.1) is 34.7 Å². The van der Waals surface area contributed by atoms with Gasteiger partial charge >= 0.3 is 0 Å². The van der Waals surface area contributed by atoms with Crippen molar-refractivity contribution in [2.75, 3.05) is 13.2 Å². The number of hydrogen-bond acceptors (Lipinski definition) is 7. The van der Waals surface area contributed by atoms with E-state index < -0.39 is 28.7 Å². The number of aliphatic hydroxyl groups is 1. The quantitative estimate of drug-likeness (QED) is 0.352. The van der Waals surface area contributed by atoms with E-state index in [2.05, 4.69) is 36.9 Å². The predicted octanol–water partition coefficient (Wildman–Crippen LogP) is 1.90. The van der Waals surface area contributed by atoms with E-state index in [1.165, 1.54) is 0 Å². The lowest BCUT2D eigenvalue weighted by molar-refractivity contribution is -0.143. The minimum absolute atomic E-state index is 0.00103. The highest BCUT2D eigenvalue weighted by Crippen LogP contribution is 2.68. The monoisotopic (exact) mass is 606 g/mol. The van der Waals surface area contributed by atoms with Crippen molar-refractivity contribution in [1.29, 1.82) is 0 Å². The van der Waals surface area contributed by atoms with Gasteiger partial charge in [0.15, 0.2) is 0 Å². The minimum Gasteiger partial charge on any atom is -0.394 e. The summed E-state index contributed by atoms with van der Waals surface area (Å²) in [7, 11) is 0. The van der Waals surface area contributed by atoms with Crippen molar-refractivity contribution in [3.8, 4) is 0 Å². The number of aliphatic hydroxyl groups excluding tert-OH is 1. The Balaban J connectivity index is 1.49. The normalized spacial score (nSPS) is 30.7. The Labute approximate surface area is 234 Å². The maximum atomic E-state index is 14.2. The molecule has 12 heteroatoms. The van der Waals surface area contributed by atoms with Crippen LogP contribution in [0.4, 0.5) is 0 Å². The number of likely N-dealkylation sites (tertiary alicyclic amines) is 1. The molecule has 0 radical (unpaired) electrons. The first-order valence-corrected chi connectivity index (χ1v) is 15.1. The number of rotatable bonds is 10. The van der Waals surface area contributed by atoms with E-state index in [-0.39, 0.29) is 47.0 Å². The standard InChI is InChI=1S/C26H35BrN6O4S/c1-4-9-28-23(35)19-20-25(37)33(15(12-34)10-14(2)3)22(26(20)11-16(27)21(19)38-26)24(36)29-13-32-18-8-6-5-7-17(18)30-31-32/h5-8,14-16,19-22,34H,4,9-13H2,1-3H3,(H,28,35)(H,29,36)/t15-,16?,19-,20+,21-,22?,26?/m1/s1. The number of halogens is 1. The van der Waals surface area contributed by atoms with Crippen molar-refractivity contribution in [3.05, 3.63) is 24.3 Å². The average molecular weight is 608 g/mol. The van der Waals surface area contributed by atoms with Crippen LogP contribution in [0, 0.1) is 17.8 Å². The zero-order valence-electron chi connectivity index (χ0n) is 21.8. The number of carbonyl (C=O) groups is 3. The van der Waals surface area contributed by atoms with Crippen molar-refractivity contribution < 1.29 is 19.5 Å². The summed E-state index contributed by atoms with van der Waals surface area (Å²) in [5, 5.41) is 24.6. The topological polar surface area (TPSA) is 129 Å². The number of benzene rings is 1. The second-order valence-electron chi connectivity index (χ2n) is 10.9. The molecule has 2 aromatic rings. The molecule has 3 aliphatic heterocycles. The summed E-state index contributed by atoms with van der Waals surface area (Å²) in [5.41, 5.74) is 1.52. The van der Waals surface area contributed by atoms with E-state index >= 15 is 0 Å². The molecule has 2 bridgehead atoms. The molecule has 5 rings (SSSR count). The van der Waals surface area contributed by atoms with Gasteiger partial charge in [0.2, 0.25) is 17.7 Å². The van der Waals surface area contributed by atoms with Crippen molar-refractivity contribution >= 4 is 56.4 Å². The maximum absolute atomic E-state index is 14.2.